The molecule has 3 N–H and O–H groups in total. The Kier molecular flexibility index (Phi) is 15.0. The van der Waals surface area contributed by atoms with E-state index in [1.807, 2.05) is 60.7 Å². The van der Waals surface area contributed by atoms with Crippen LogP contribution in [0.15, 0.2) is 103 Å². The van der Waals surface area contributed by atoms with Crippen LogP contribution in [0.25, 0.3) is 6.08 Å². The van der Waals surface area contributed by atoms with Crippen molar-refractivity contribution in [1.82, 2.24) is 10.6 Å². The monoisotopic (exact) mass is 836 g/mol. The van der Waals surface area contributed by atoms with E-state index in [-0.39, 0.29) is 43.4 Å². The van der Waals surface area contributed by atoms with Crippen molar-refractivity contribution in [2.24, 2.45) is 0 Å². The Hall–Kier alpha value is -5.84. The highest BCUT2D eigenvalue weighted by Crippen LogP contribution is 2.47. The van der Waals surface area contributed by atoms with Gasteiger partial charge in [0.05, 0.1) is 18.2 Å². The maximum absolute atomic E-state index is 13.7. The molecule has 13 nitrogen and oxygen atoms in total. The normalized spacial score (nSPS) is 19.1. The lowest BCUT2D eigenvalue weighted by Crippen LogP contribution is -2.44. The predicted molar refractivity (Wildman–Crippen MR) is 210 cm³/mol. The fraction of sp³-hybridized carbons (Fsp3) is 0.386. The lowest BCUT2D eigenvalue weighted by molar-refractivity contribution is -0.182. The number of esters is 3. The van der Waals surface area contributed by atoms with Gasteiger partial charge in [-0.2, -0.15) is 13.2 Å². The van der Waals surface area contributed by atoms with Crippen LogP contribution < -0.4 is 10.6 Å². The number of hydrogen-bond acceptors (Lipinski definition) is 11. The summed E-state index contributed by atoms with van der Waals surface area (Å²) < 4.78 is 66.3. The van der Waals surface area contributed by atoms with Gasteiger partial charge in [-0.3, -0.25) is 14.4 Å². The third-order valence-corrected chi connectivity index (χ3v) is 9.19. The van der Waals surface area contributed by atoms with Gasteiger partial charge >= 0.3 is 24.1 Å². The molecule has 4 unspecified atom stereocenters. The van der Waals surface area contributed by atoms with Gasteiger partial charge < -0.3 is 39.4 Å². The maximum atomic E-state index is 13.7. The first-order valence-electron chi connectivity index (χ1n) is 19.2. The summed E-state index contributed by atoms with van der Waals surface area (Å²) >= 11 is 0. The largest absolute Gasteiger partial charge is 0.460 e. The molecule has 0 aromatic heterocycles. The molecule has 1 aliphatic carbocycles. The summed E-state index contributed by atoms with van der Waals surface area (Å²) in [7, 11) is 0. The molecule has 1 aliphatic heterocycles. The highest BCUT2D eigenvalue weighted by molar-refractivity contribution is 5.95. The number of amides is 2. The minimum absolute atomic E-state index is 0.0174. The zero-order chi connectivity index (χ0) is 43.5. The summed E-state index contributed by atoms with van der Waals surface area (Å²) in [6.45, 7) is 2.95. The van der Waals surface area contributed by atoms with Gasteiger partial charge in [0.2, 0.25) is 17.6 Å². The number of fused-ring (bicyclic) bond motifs is 1. The second-order valence-corrected chi connectivity index (χ2v) is 15.1. The Morgan fingerprint density at radius 2 is 1.58 bits per heavy atom. The van der Waals surface area contributed by atoms with Crippen LogP contribution in [-0.4, -0.2) is 90.7 Å². The van der Waals surface area contributed by atoms with Gasteiger partial charge in [-0.1, -0.05) is 72.8 Å². The molecule has 0 spiro atoms. The average Bonchev–Trinajstić information content (AvgIpc) is 3.62. The van der Waals surface area contributed by atoms with Crippen molar-refractivity contribution >= 4 is 35.8 Å². The molecule has 5 rings (SSSR count). The molecule has 320 valence electrons. The lowest BCUT2D eigenvalue weighted by atomic mass is 9.91. The first kappa shape index (κ1) is 45.2. The molecule has 4 atom stereocenters. The first-order chi connectivity index (χ1) is 28.4. The number of carbonyl (C=O) groups excluding carboxylic acids is 5. The number of carbonyl (C=O) groups is 5. The Labute approximate surface area is 344 Å². The van der Waals surface area contributed by atoms with Gasteiger partial charge in [-0.05, 0) is 57.0 Å². The van der Waals surface area contributed by atoms with Crippen LogP contribution in [0.1, 0.15) is 73.5 Å². The number of alkyl halides is 3. The summed E-state index contributed by atoms with van der Waals surface area (Å²) in [4.78, 5) is 64.1. The van der Waals surface area contributed by atoms with Crippen LogP contribution in [0, 0.1) is 0 Å². The molecular weight excluding hydrogens is 789 g/mol. The second kappa shape index (κ2) is 19.9. The van der Waals surface area contributed by atoms with Gasteiger partial charge in [0, 0.05) is 48.6 Å². The minimum Gasteiger partial charge on any atom is -0.460 e. The summed E-state index contributed by atoms with van der Waals surface area (Å²) in [6.07, 6.45) is -4.15. The van der Waals surface area contributed by atoms with Gasteiger partial charge in [0.25, 0.3) is 0 Å². The predicted octanol–water partition coefficient (Wildman–Crippen LogP) is 5.45. The van der Waals surface area contributed by atoms with Crippen molar-refractivity contribution in [2.45, 2.75) is 88.4 Å². The molecule has 0 saturated carbocycles. The smallest absolute Gasteiger partial charge is 0.422 e. The molecule has 0 bridgehead atoms. The summed E-state index contributed by atoms with van der Waals surface area (Å²) in [5.74, 6) is -5.02. The fourth-order valence-corrected chi connectivity index (χ4v) is 6.53. The number of benzene rings is 3. The number of nitrogens with one attached hydrogen (secondary N) is 2. The Morgan fingerprint density at radius 3 is 2.20 bits per heavy atom. The Balaban J connectivity index is 1.31. The first-order valence-corrected chi connectivity index (χ1v) is 19.2. The van der Waals surface area contributed by atoms with E-state index in [1.54, 1.807) is 26.8 Å². The Bertz CT molecular complexity index is 2010. The Morgan fingerprint density at radius 1 is 0.917 bits per heavy atom. The third kappa shape index (κ3) is 12.8. The standard InChI is InChI=1S/C44H47F3N2O11/c1-42(2,3)59-38(53)20-18-33(26-50)49-36(51)21-22-48-40(54)30-24-34(57-41(55)29-12-10-11-28(23-29)17-19-37(52)56-27-43(45,46)47)39-35(25-30)58-44(60-39,31-13-6-4-7-14-31)32-15-8-5-9-16-32/h4-17,19,23,25,33-35,39,50H,18,20-22,24,26-27H2,1-3H3,(H,48,54)(H,49,51). The molecule has 2 amide bonds. The van der Waals surface area contributed by atoms with E-state index >= 15 is 0 Å². The molecule has 0 radical (unpaired) electrons. The summed E-state index contributed by atoms with van der Waals surface area (Å²) in [5, 5.41) is 15.1. The van der Waals surface area contributed by atoms with Crippen molar-refractivity contribution in [3.63, 3.8) is 0 Å². The molecule has 3 aromatic rings. The van der Waals surface area contributed by atoms with Crippen LogP contribution >= 0.6 is 0 Å². The zero-order valence-corrected chi connectivity index (χ0v) is 33.2. The number of rotatable bonds is 16. The van der Waals surface area contributed by atoms with Gasteiger partial charge in [0.1, 0.15) is 23.9 Å². The second-order valence-electron chi connectivity index (χ2n) is 15.1. The van der Waals surface area contributed by atoms with Crippen LogP contribution in [-0.2, 0) is 48.6 Å². The minimum atomic E-state index is -4.69. The van der Waals surface area contributed by atoms with E-state index in [0.29, 0.717) is 16.7 Å². The zero-order valence-electron chi connectivity index (χ0n) is 33.2. The number of aliphatic hydroxyl groups is 1. The number of halogens is 3. The van der Waals surface area contributed by atoms with E-state index in [9.17, 15) is 42.3 Å². The van der Waals surface area contributed by atoms with Crippen LogP contribution in [0.2, 0.25) is 0 Å². The van der Waals surface area contributed by atoms with E-state index in [2.05, 4.69) is 15.4 Å². The molecule has 3 aromatic carbocycles. The summed E-state index contributed by atoms with van der Waals surface area (Å²) in [6, 6.07) is 23.3. The van der Waals surface area contributed by atoms with Gasteiger partial charge in [-0.25, -0.2) is 9.59 Å². The maximum Gasteiger partial charge on any atom is 0.422 e. The topological polar surface area (TPSA) is 176 Å². The van der Waals surface area contributed by atoms with Crippen molar-refractivity contribution in [3.05, 3.63) is 125 Å². The number of aliphatic hydroxyl groups excluding tert-OH is 1. The highest BCUT2D eigenvalue weighted by atomic mass is 19.4. The third-order valence-electron chi connectivity index (χ3n) is 9.19. The molecular formula is C44H47F3N2O11. The van der Waals surface area contributed by atoms with Crippen molar-refractivity contribution in [1.29, 1.82) is 0 Å². The highest BCUT2D eigenvalue weighted by Gasteiger charge is 2.55. The summed E-state index contributed by atoms with van der Waals surface area (Å²) in [5.41, 5.74) is 1.12. The molecule has 16 heteroatoms. The van der Waals surface area contributed by atoms with E-state index in [4.69, 9.17) is 18.9 Å². The molecule has 60 heavy (non-hydrogen) atoms. The van der Waals surface area contributed by atoms with Crippen LogP contribution in [0.3, 0.4) is 0 Å². The quantitative estimate of drug-likeness (QED) is 0.0951. The van der Waals surface area contributed by atoms with Crippen LogP contribution in [0.5, 0.6) is 0 Å². The average molecular weight is 837 g/mol. The molecule has 1 fully saturated rings. The van der Waals surface area contributed by atoms with Gasteiger partial charge in [0.15, 0.2) is 6.61 Å². The SMILES string of the molecule is CC(C)(C)OC(=O)CCC(CO)NC(=O)CCNC(=O)C1=CC2OC(c3ccccc3)(c3ccccc3)OC2C(OC(=O)c2cccc(C=CC(=O)OCC(F)(F)F)c2)C1. The molecule has 2 aliphatic rings. The van der Waals surface area contributed by atoms with Crippen molar-refractivity contribution in [2.75, 3.05) is 19.8 Å². The molecule has 1 heterocycles. The fourth-order valence-electron chi connectivity index (χ4n) is 6.53. The number of ether oxygens (including phenoxy) is 5. The van der Waals surface area contributed by atoms with Crippen molar-refractivity contribution < 1.29 is 65.9 Å². The van der Waals surface area contributed by atoms with E-state index in [1.165, 1.54) is 30.3 Å². The van der Waals surface area contributed by atoms with Crippen molar-refractivity contribution in [3.8, 4) is 0 Å². The van der Waals surface area contributed by atoms with E-state index < -0.39 is 84.9 Å². The van der Waals surface area contributed by atoms with Gasteiger partial charge in [-0.15, -0.1) is 0 Å². The van der Waals surface area contributed by atoms with E-state index in [0.717, 1.165) is 6.08 Å². The molecule has 1 saturated heterocycles. The van der Waals surface area contributed by atoms with Crippen LogP contribution in [0.4, 0.5) is 13.2 Å². The number of hydrogen-bond donors (Lipinski definition) is 3. The lowest BCUT2D eigenvalue weighted by Gasteiger charge is -2.31.